The average molecular weight is 215 g/mol. The second-order valence-electron chi connectivity index (χ2n) is 4.32. The van der Waals surface area contributed by atoms with Gasteiger partial charge in [0.25, 0.3) is 0 Å². The second kappa shape index (κ2) is 4.11. The van der Waals surface area contributed by atoms with Gasteiger partial charge in [-0.05, 0) is 31.4 Å². The van der Waals surface area contributed by atoms with E-state index in [0.717, 1.165) is 37.2 Å². The Hall–Kier alpha value is -0.220. The molecule has 2 aliphatic rings. The van der Waals surface area contributed by atoms with Gasteiger partial charge in [-0.25, -0.2) is 0 Å². The standard InChI is InChI=1S/C10H17NO2S/c12-9(13)10(5-2-6-14-7-10)11-8-3-1-4-8/h8,11H,1-7H2,(H,12,13). The molecule has 2 fully saturated rings. The van der Waals surface area contributed by atoms with Gasteiger partial charge in [0.1, 0.15) is 5.54 Å². The third-order valence-electron chi connectivity index (χ3n) is 3.24. The third kappa shape index (κ3) is 1.91. The SMILES string of the molecule is O=C(O)C1(NC2CCC2)CCCSC1. The lowest BCUT2D eigenvalue weighted by atomic mass is 9.87. The molecule has 80 valence electrons. The zero-order chi connectivity index (χ0) is 10.0. The molecule has 2 N–H and O–H groups in total. The molecule has 1 atom stereocenters. The van der Waals surface area contributed by atoms with Gasteiger partial charge in [0.05, 0.1) is 0 Å². The Bertz CT molecular complexity index is 222. The number of thioether (sulfide) groups is 1. The van der Waals surface area contributed by atoms with Crippen molar-refractivity contribution < 1.29 is 9.90 Å². The van der Waals surface area contributed by atoms with Crippen LogP contribution in [0.15, 0.2) is 0 Å². The highest BCUT2D eigenvalue weighted by Crippen LogP contribution is 2.30. The van der Waals surface area contributed by atoms with Crippen LogP contribution in [0.25, 0.3) is 0 Å². The van der Waals surface area contributed by atoms with Crippen LogP contribution in [0.1, 0.15) is 32.1 Å². The number of carboxylic acid groups (broad SMARTS) is 1. The molecule has 0 radical (unpaired) electrons. The highest BCUT2D eigenvalue weighted by atomic mass is 32.2. The van der Waals surface area contributed by atoms with E-state index < -0.39 is 11.5 Å². The Balaban J connectivity index is 2.00. The van der Waals surface area contributed by atoms with E-state index in [2.05, 4.69) is 5.32 Å². The fourth-order valence-corrected chi connectivity index (χ4v) is 3.27. The van der Waals surface area contributed by atoms with Crippen LogP contribution in [-0.4, -0.2) is 34.2 Å². The van der Waals surface area contributed by atoms with E-state index >= 15 is 0 Å². The van der Waals surface area contributed by atoms with Crippen molar-refractivity contribution in [3.8, 4) is 0 Å². The highest BCUT2D eigenvalue weighted by molar-refractivity contribution is 7.99. The summed E-state index contributed by atoms with van der Waals surface area (Å²) in [5.41, 5.74) is -0.617. The van der Waals surface area contributed by atoms with Gasteiger partial charge < -0.3 is 5.11 Å². The van der Waals surface area contributed by atoms with E-state index in [1.54, 1.807) is 11.8 Å². The zero-order valence-electron chi connectivity index (χ0n) is 8.29. The monoisotopic (exact) mass is 215 g/mol. The second-order valence-corrected chi connectivity index (χ2v) is 5.42. The summed E-state index contributed by atoms with van der Waals surface area (Å²) in [5, 5.41) is 12.6. The maximum atomic E-state index is 11.3. The van der Waals surface area contributed by atoms with Crippen LogP contribution in [-0.2, 0) is 4.79 Å². The first-order valence-corrected chi connectivity index (χ1v) is 6.47. The highest BCUT2D eigenvalue weighted by Gasteiger charge is 2.42. The summed E-state index contributed by atoms with van der Waals surface area (Å²) in [6, 6.07) is 0.463. The van der Waals surface area contributed by atoms with Crippen molar-refractivity contribution in [2.45, 2.75) is 43.7 Å². The molecule has 1 saturated carbocycles. The van der Waals surface area contributed by atoms with E-state index in [0.29, 0.717) is 6.04 Å². The lowest BCUT2D eigenvalue weighted by Gasteiger charge is -2.40. The fourth-order valence-electron chi connectivity index (χ4n) is 2.08. The number of rotatable bonds is 3. The number of carbonyl (C=O) groups is 1. The van der Waals surface area contributed by atoms with Crippen molar-refractivity contribution in [1.82, 2.24) is 5.32 Å². The predicted molar refractivity (Wildman–Crippen MR) is 57.7 cm³/mol. The van der Waals surface area contributed by atoms with Crippen molar-refractivity contribution >= 4 is 17.7 Å². The zero-order valence-corrected chi connectivity index (χ0v) is 9.11. The minimum absolute atomic E-state index is 0.463. The lowest BCUT2D eigenvalue weighted by Crippen LogP contribution is -2.60. The molecule has 1 aliphatic carbocycles. The van der Waals surface area contributed by atoms with E-state index in [1.807, 2.05) is 0 Å². The van der Waals surface area contributed by atoms with Crippen molar-refractivity contribution in [1.29, 1.82) is 0 Å². The molecule has 3 nitrogen and oxygen atoms in total. The Labute approximate surface area is 88.6 Å². The molecule has 14 heavy (non-hydrogen) atoms. The molecule has 0 amide bonds. The first-order valence-electron chi connectivity index (χ1n) is 5.32. The molecule has 4 heteroatoms. The molecular formula is C10H17NO2S. The molecular weight excluding hydrogens is 198 g/mol. The van der Waals surface area contributed by atoms with Gasteiger partial charge in [-0.1, -0.05) is 6.42 Å². The van der Waals surface area contributed by atoms with Crippen molar-refractivity contribution in [2.75, 3.05) is 11.5 Å². The van der Waals surface area contributed by atoms with Crippen molar-refractivity contribution in [3.05, 3.63) is 0 Å². The predicted octanol–water partition coefficient (Wildman–Crippen LogP) is 1.48. The fraction of sp³-hybridized carbons (Fsp3) is 0.900. The van der Waals surface area contributed by atoms with Crippen LogP contribution in [0, 0.1) is 0 Å². The van der Waals surface area contributed by atoms with Gasteiger partial charge in [-0.2, -0.15) is 11.8 Å². The molecule has 0 aromatic rings. The third-order valence-corrected chi connectivity index (χ3v) is 4.51. The normalized spacial score (nSPS) is 33.7. The van der Waals surface area contributed by atoms with Crippen LogP contribution in [0.3, 0.4) is 0 Å². The number of carboxylic acids is 1. The van der Waals surface area contributed by atoms with Crippen LogP contribution in [0.4, 0.5) is 0 Å². The van der Waals surface area contributed by atoms with Gasteiger partial charge in [0, 0.05) is 11.8 Å². The number of nitrogens with one attached hydrogen (secondary N) is 1. The number of hydrogen-bond donors (Lipinski definition) is 2. The Kier molecular flexibility index (Phi) is 3.02. The van der Waals surface area contributed by atoms with Gasteiger partial charge >= 0.3 is 5.97 Å². The molecule has 0 aromatic heterocycles. The molecule has 1 saturated heterocycles. The van der Waals surface area contributed by atoms with Gasteiger partial charge in [0.2, 0.25) is 0 Å². The lowest BCUT2D eigenvalue weighted by molar-refractivity contribution is -0.145. The molecule has 0 bridgehead atoms. The molecule has 1 unspecified atom stereocenters. The first-order chi connectivity index (χ1) is 6.73. The molecule has 0 spiro atoms. The molecule has 1 heterocycles. The molecule has 1 aliphatic heterocycles. The molecule has 2 rings (SSSR count). The van der Waals surface area contributed by atoms with Crippen molar-refractivity contribution in [3.63, 3.8) is 0 Å². The summed E-state index contributed by atoms with van der Waals surface area (Å²) < 4.78 is 0. The van der Waals surface area contributed by atoms with Gasteiger partial charge in [-0.15, -0.1) is 0 Å². The van der Waals surface area contributed by atoms with E-state index in [-0.39, 0.29) is 0 Å². The summed E-state index contributed by atoms with van der Waals surface area (Å²) in [4.78, 5) is 11.3. The maximum Gasteiger partial charge on any atom is 0.324 e. The smallest absolute Gasteiger partial charge is 0.324 e. The van der Waals surface area contributed by atoms with E-state index in [9.17, 15) is 9.90 Å². The molecule has 0 aromatic carbocycles. The largest absolute Gasteiger partial charge is 0.480 e. The van der Waals surface area contributed by atoms with Gasteiger partial charge in [0.15, 0.2) is 0 Å². The van der Waals surface area contributed by atoms with E-state index in [4.69, 9.17) is 0 Å². The summed E-state index contributed by atoms with van der Waals surface area (Å²) >= 11 is 1.76. The average Bonchev–Trinajstić information content (AvgIpc) is 2.13. The van der Waals surface area contributed by atoms with E-state index in [1.165, 1.54) is 6.42 Å². The van der Waals surface area contributed by atoms with Crippen LogP contribution in [0.2, 0.25) is 0 Å². The van der Waals surface area contributed by atoms with Crippen LogP contribution in [0.5, 0.6) is 0 Å². The number of hydrogen-bond acceptors (Lipinski definition) is 3. The minimum Gasteiger partial charge on any atom is -0.480 e. The minimum atomic E-state index is -0.656. The summed E-state index contributed by atoms with van der Waals surface area (Å²) in [6.07, 6.45) is 5.38. The summed E-state index contributed by atoms with van der Waals surface area (Å²) in [5.74, 6) is 1.19. The quantitative estimate of drug-likeness (QED) is 0.748. The van der Waals surface area contributed by atoms with Crippen molar-refractivity contribution in [2.24, 2.45) is 0 Å². The van der Waals surface area contributed by atoms with Crippen LogP contribution >= 0.6 is 11.8 Å². The topological polar surface area (TPSA) is 49.3 Å². The Morgan fingerprint density at radius 3 is 2.64 bits per heavy atom. The summed E-state index contributed by atoms with van der Waals surface area (Å²) in [7, 11) is 0. The van der Waals surface area contributed by atoms with Gasteiger partial charge in [-0.3, -0.25) is 10.1 Å². The Morgan fingerprint density at radius 2 is 2.21 bits per heavy atom. The Morgan fingerprint density at radius 1 is 1.43 bits per heavy atom. The maximum absolute atomic E-state index is 11.3. The number of aliphatic carboxylic acids is 1. The summed E-state index contributed by atoms with van der Waals surface area (Å²) in [6.45, 7) is 0. The van der Waals surface area contributed by atoms with Crippen LogP contribution < -0.4 is 5.32 Å². The first kappa shape index (κ1) is 10.3.